The predicted octanol–water partition coefficient (Wildman–Crippen LogP) is 3.21. The highest BCUT2D eigenvalue weighted by Gasteiger charge is 2.30. The molecular formula is C19H15N3O4S. The maximum absolute atomic E-state index is 12.6. The second kappa shape index (κ2) is 6.81. The van der Waals surface area contributed by atoms with E-state index >= 15 is 0 Å². The third-order valence-corrected chi connectivity index (χ3v) is 5.18. The fraction of sp³-hybridized carbons (Fsp3) is 0.158. The Morgan fingerprint density at radius 1 is 1.15 bits per heavy atom. The number of nitrogens with zero attached hydrogens (tertiary/aromatic N) is 2. The molecular weight excluding hydrogens is 366 g/mol. The third-order valence-electron chi connectivity index (χ3n) is 4.24. The number of hydrogen-bond donors (Lipinski definition) is 1. The lowest BCUT2D eigenvalue weighted by Crippen LogP contribution is -2.28. The van der Waals surface area contributed by atoms with Crippen molar-refractivity contribution in [2.45, 2.75) is 12.8 Å². The number of thiazole rings is 1. The summed E-state index contributed by atoms with van der Waals surface area (Å²) in [5, 5.41) is 3.21. The van der Waals surface area contributed by atoms with Gasteiger partial charge in [0.1, 0.15) is 11.3 Å². The highest BCUT2D eigenvalue weighted by Crippen LogP contribution is 2.32. The average Bonchev–Trinajstić information content (AvgIpc) is 3.23. The number of aromatic nitrogens is 1. The van der Waals surface area contributed by atoms with Gasteiger partial charge >= 0.3 is 0 Å². The van der Waals surface area contributed by atoms with Gasteiger partial charge in [0.2, 0.25) is 11.8 Å². The van der Waals surface area contributed by atoms with Crippen LogP contribution in [0.4, 0.5) is 10.8 Å². The fourth-order valence-electron chi connectivity index (χ4n) is 2.96. The number of fused-ring (bicyclic) bond motifs is 1. The molecule has 1 fully saturated rings. The summed E-state index contributed by atoms with van der Waals surface area (Å²) in [6, 6.07) is 12.0. The Hall–Kier alpha value is -3.26. The first kappa shape index (κ1) is 17.2. The SMILES string of the molecule is COc1cccc2sc(NC(=O)c3cccc(N4C(=O)CCC4=O)c3)nc12. The van der Waals surface area contributed by atoms with Gasteiger partial charge in [-0.3, -0.25) is 24.6 Å². The lowest BCUT2D eigenvalue weighted by Gasteiger charge is -2.14. The van der Waals surface area contributed by atoms with E-state index in [9.17, 15) is 14.4 Å². The van der Waals surface area contributed by atoms with Crippen LogP contribution in [0.2, 0.25) is 0 Å². The summed E-state index contributed by atoms with van der Waals surface area (Å²) in [4.78, 5) is 42.0. The highest BCUT2D eigenvalue weighted by molar-refractivity contribution is 7.22. The molecule has 0 atom stereocenters. The maximum atomic E-state index is 12.6. The molecule has 8 heteroatoms. The van der Waals surface area contributed by atoms with Crippen molar-refractivity contribution < 1.29 is 19.1 Å². The zero-order chi connectivity index (χ0) is 19.0. The number of imide groups is 1. The lowest BCUT2D eigenvalue weighted by molar-refractivity contribution is -0.121. The molecule has 0 radical (unpaired) electrons. The predicted molar refractivity (Wildman–Crippen MR) is 102 cm³/mol. The van der Waals surface area contributed by atoms with Crippen LogP contribution in [0.25, 0.3) is 10.2 Å². The summed E-state index contributed by atoms with van der Waals surface area (Å²) in [6.45, 7) is 0. The highest BCUT2D eigenvalue weighted by atomic mass is 32.1. The van der Waals surface area contributed by atoms with Crippen molar-refractivity contribution in [2.24, 2.45) is 0 Å². The molecule has 1 saturated heterocycles. The first-order valence-electron chi connectivity index (χ1n) is 8.27. The summed E-state index contributed by atoms with van der Waals surface area (Å²) in [5.41, 5.74) is 1.43. The van der Waals surface area contributed by atoms with Gasteiger partial charge in [-0.25, -0.2) is 4.98 Å². The number of anilines is 2. The molecule has 27 heavy (non-hydrogen) atoms. The van der Waals surface area contributed by atoms with Gasteiger partial charge in [0.15, 0.2) is 5.13 Å². The molecule has 2 aromatic carbocycles. The molecule has 4 rings (SSSR count). The van der Waals surface area contributed by atoms with Gasteiger partial charge in [-0.05, 0) is 30.3 Å². The molecule has 1 aromatic heterocycles. The molecule has 1 N–H and O–H groups in total. The van der Waals surface area contributed by atoms with Gasteiger partial charge in [-0.15, -0.1) is 0 Å². The van der Waals surface area contributed by atoms with Crippen LogP contribution in [0.1, 0.15) is 23.2 Å². The van der Waals surface area contributed by atoms with Gasteiger partial charge in [0.05, 0.1) is 17.5 Å². The fourth-order valence-corrected chi connectivity index (χ4v) is 3.84. The standard InChI is InChI=1S/C19H15N3O4S/c1-26-13-6-3-7-14-17(13)20-19(27-14)21-18(25)11-4-2-5-12(10-11)22-15(23)8-9-16(22)24/h2-7,10H,8-9H2,1H3,(H,20,21,25). The Kier molecular flexibility index (Phi) is 4.33. The van der Waals surface area contributed by atoms with Crippen molar-refractivity contribution in [3.8, 4) is 5.75 Å². The topological polar surface area (TPSA) is 88.6 Å². The largest absolute Gasteiger partial charge is 0.494 e. The van der Waals surface area contributed by atoms with Crippen LogP contribution in [0.5, 0.6) is 5.75 Å². The molecule has 7 nitrogen and oxygen atoms in total. The molecule has 0 spiro atoms. The van der Waals surface area contributed by atoms with E-state index in [4.69, 9.17) is 4.74 Å². The summed E-state index contributed by atoms with van der Waals surface area (Å²) in [7, 11) is 1.57. The van der Waals surface area contributed by atoms with E-state index in [-0.39, 0.29) is 30.6 Å². The number of nitrogens with one attached hydrogen (secondary N) is 1. The molecule has 1 aliphatic rings. The van der Waals surface area contributed by atoms with Crippen LogP contribution in [-0.4, -0.2) is 29.8 Å². The molecule has 2 heterocycles. The van der Waals surface area contributed by atoms with Crippen molar-refractivity contribution >= 4 is 50.1 Å². The van der Waals surface area contributed by atoms with Gasteiger partial charge in [-0.2, -0.15) is 0 Å². The van der Waals surface area contributed by atoms with E-state index in [1.807, 2.05) is 12.1 Å². The van der Waals surface area contributed by atoms with Crippen LogP contribution in [0, 0.1) is 0 Å². The van der Waals surface area contributed by atoms with Crippen molar-refractivity contribution in [3.05, 3.63) is 48.0 Å². The minimum absolute atomic E-state index is 0.197. The number of carbonyl (C=O) groups is 3. The van der Waals surface area contributed by atoms with Crippen molar-refractivity contribution in [1.82, 2.24) is 4.98 Å². The number of hydrogen-bond acceptors (Lipinski definition) is 6. The van der Waals surface area contributed by atoms with Gasteiger partial charge in [0, 0.05) is 18.4 Å². The smallest absolute Gasteiger partial charge is 0.257 e. The van der Waals surface area contributed by atoms with E-state index in [1.54, 1.807) is 31.4 Å². The van der Waals surface area contributed by atoms with E-state index in [1.165, 1.54) is 17.4 Å². The quantitative estimate of drug-likeness (QED) is 0.701. The molecule has 0 bridgehead atoms. The number of para-hydroxylation sites is 1. The summed E-state index contributed by atoms with van der Waals surface area (Å²) >= 11 is 1.34. The van der Waals surface area contributed by atoms with E-state index in [0.29, 0.717) is 27.6 Å². The van der Waals surface area contributed by atoms with E-state index < -0.39 is 0 Å². The van der Waals surface area contributed by atoms with Crippen molar-refractivity contribution in [3.63, 3.8) is 0 Å². The molecule has 1 aliphatic heterocycles. The lowest BCUT2D eigenvalue weighted by atomic mass is 10.2. The first-order valence-corrected chi connectivity index (χ1v) is 9.09. The van der Waals surface area contributed by atoms with Crippen molar-refractivity contribution in [1.29, 1.82) is 0 Å². The Bertz CT molecular complexity index is 1060. The number of rotatable bonds is 4. The molecule has 0 unspecified atom stereocenters. The molecule has 0 aliphatic carbocycles. The van der Waals surface area contributed by atoms with Crippen LogP contribution in [0.3, 0.4) is 0 Å². The summed E-state index contributed by atoms with van der Waals surface area (Å²) in [6.07, 6.45) is 0.394. The number of amides is 3. The number of benzene rings is 2. The zero-order valence-corrected chi connectivity index (χ0v) is 15.2. The summed E-state index contributed by atoms with van der Waals surface area (Å²) < 4.78 is 6.18. The van der Waals surface area contributed by atoms with Crippen LogP contribution in [0.15, 0.2) is 42.5 Å². The van der Waals surface area contributed by atoms with Crippen molar-refractivity contribution in [2.75, 3.05) is 17.3 Å². The van der Waals surface area contributed by atoms with Crippen LogP contribution < -0.4 is 15.0 Å². The molecule has 3 amide bonds. The molecule has 0 saturated carbocycles. The van der Waals surface area contributed by atoms with E-state index in [2.05, 4.69) is 10.3 Å². The monoisotopic (exact) mass is 381 g/mol. The molecule has 3 aromatic rings. The third kappa shape index (κ3) is 3.15. The zero-order valence-electron chi connectivity index (χ0n) is 14.4. The second-order valence-corrected chi connectivity index (χ2v) is 6.98. The normalized spacial score (nSPS) is 14.0. The second-order valence-electron chi connectivity index (χ2n) is 5.95. The Labute approximate surface area is 158 Å². The van der Waals surface area contributed by atoms with Gasteiger partial charge in [0.25, 0.3) is 5.91 Å². The average molecular weight is 381 g/mol. The van der Waals surface area contributed by atoms with Gasteiger partial charge in [-0.1, -0.05) is 23.5 Å². The van der Waals surface area contributed by atoms with Gasteiger partial charge < -0.3 is 4.74 Å². The van der Waals surface area contributed by atoms with Crippen LogP contribution in [-0.2, 0) is 9.59 Å². The van der Waals surface area contributed by atoms with E-state index in [0.717, 1.165) is 9.60 Å². The summed E-state index contributed by atoms with van der Waals surface area (Å²) in [5.74, 6) is -0.238. The number of methoxy groups -OCH3 is 1. The maximum Gasteiger partial charge on any atom is 0.257 e. The Balaban J connectivity index is 1.59. The first-order chi connectivity index (χ1) is 13.1. The number of carbonyl (C=O) groups excluding carboxylic acids is 3. The number of ether oxygens (including phenoxy) is 1. The Morgan fingerprint density at radius 3 is 2.63 bits per heavy atom. The Morgan fingerprint density at radius 2 is 1.89 bits per heavy atom. The minimum atomic E-state index is -0.367. The van der Waals surface area contributed by atoms with Crippen LogP contribution >= 0.6 is 11.3 Å². The minimum Gasteiger partial charge on any atom is -0.494 e. The molecule has 136 valence electrons.